The molecule has 66 valence electrons. The van der Waals surface area contributed by atoms with Crippen molar-refractivity contribution in [1.29, 1.82) is 0 Å². The molecular formula is C8H17NO2. The lowest BCUT2D eigenvalue weighted by atomic mass is 9.85. The van der Waals surface area contributed by atoms with Gasteiger partial charge in [-0.2, -0.15) is 0 Å². The Balaban J connectivity index is 2.63. The zero-order valence-corrected chi connectivity index (χ0v) is 7.28. The van der Waals surface area contributed by atoms with Gasteiger partial charge in [-0.05, 0) is 19.8 Å². The van der Waals surface area contributed by atoms with Gasteiger partial charge in [-0.15, -0.1) is 0 Å². The van der Waals surface area contributed by atoms with Gasteiger partial charge in [0, 0.05) is 12.1 Å². The Morgan fingerprint density at radius 1 is 0.909 bits per heavy atom. The van der Waals surface area contributed by atoms with Crippen LogP contribution in [0.3, 0.4) is 0 Å². The van der Waals surface area contributed by atoms with Crippen LogP contribution in [0.5, 0.6) is 0 Å². The van der Waals surface area contributed by atoms with Crippen LogP contribution in [0.15, 0.2) is 0 Å². The minimum absolute atomic E-state index is 0.00352. The molecule has 3 N–H and O–H groups in total. The molecule has 0 amide bonds. The summed E-state index contributed by atoms with van der Waals surface area (Å²) in [6.45, 7) is 5.85. The predicted molar refractivity (Wildman–Crippen MR) is 43.2 cm³/mol. The highest BCUT2D eigenvalue weighted by Crippen LogP contribution is 2.19. The maximum atomic E-state index is 9.50. The fourth-order valence-electron chi connectivity index (χ4n) is 1.57. The fraction of sp³-hybridized carbons (Fsp3) is 1.00. The standard InChI is InChI=1S/C8H17NO2/c1-4-5(2)9-6(3)8(11)7(4)10/h4-11H,1-3H3/t4-,5?,6-,7+,8+/m1/s1. The van der Waals surface area contributed by atoms with E-state index in [-0.39, 0.29) is 18.0 Å². The first-order valence-electron chi connectivity index (χ1n) is 4.16. The van der Waals surface area contributed by atoms with E-state index in [0.717, 1.165) is 0 Å². The van der Waals surface area contributed by atoms with E-state index in [1.807, 2.05) is 20.8 Å². The maximum absolute atomic E-state index is 9.50. The monoisotopic (exact) mass is 159 g/mol. The number of nitrogens with one attached hydrogen (secondary N) is 1. The van der Waals surface area contributed by atoms with Crippen molar-refractivity contribution in [3.63, 3.8) is 0 Å². The van der Waals surface area contributed by atoms with E-state index in [9.17, 15) is 10.2 Å². The number of aliphatic hydroxyl groups is 2. The van der Waals surface area contributed by atoms with Crippen molar-refractivity contribution in [2.75, 3.05) is 0 Å². The zero-order chi connectivity index (χ0) is 8.59. The van der Waals surface area contributed by atoms with Crippen molar-refractivity contribution in [2.24, 2.45) is 5.92 Å². The smallest absolute Gasteiger partial charge is 0.0952 e. The SMILES string of the molecule is CC1N[C@H](C)[C@H](O)[C@@H](O)[C@@H]1C. The summed E-state index contributed by atoms with van der Waals surface area (Å²) in [5, 5.41) is 22.1. The molecule has 1 rings (SSSR count). The molecule has 1 aliphatic heterocycles. The molecule has 3 heteroatoms. The molecule has 0 aromatic rings. The molecule has 1 saturated heterocycles. The second kappa shape index (κ2) is 3.09. The summed E-state index contributed by atoms with van der Waals surface area (Å²) < 4.78 is 0. The van der Waals surface area contributed by atoms with E-state index in [0.29, 0.717) is 0 Å². The number of piperidine rings is 1. The summed E-state index contributed by atoms with van der Waals surface area (Å²) >= 11 is 0. The topological polar surface area (TPSA) is 52.5 Å². The zero-order valence-electron chi connectivity index (χ0n) is 7.28. The molecule has 5 atom stereocenters. The van der Waals surface area contributed by atoms with Gasteiger partial charge in [-0.25, -0.2) is 0 Å². The molecule has 1 heterocycles. The van der Waals surface area contributed by atoms with E-state index >= 15 is 0 Å². The van der Waals surface area contributed by atoms with Crippen molar-refractivity contribution in [3.8, 4) is 0 Å². The van der Waals surface area contributed by atoms with Gasteiger partial charge in [-0.1, -0.05) is 6.92 Å². The largest absolute Gasteiger partial charge is 0.390 e. The van der Waals surface area contributed by atoms with Crippen LogP contribution >= 0.6 is 0 Å². The molecule has 11 heavy (non-hydrogen) atoms. The molecule has 0 aromatic carbocycles. The third-order valence-corrected chi connectivity index (χ3v) is 2.72. The van der Waals surface area contributed by atoms with E-state index in [2.05, 4.69) is 5.32 Å². The minimum Gasteiger partial charge on any atom is -0.390 e. The second-order valence-electron chi connectivity index (χ2n) is 3.58. The number of hydrogen-bond donors (Lipinski definition) is 3. The molecule has 0 aliphatic carbocycles. The van der Waals surface area contributed by atoms with Crippen LogP contribution in [0.1, 0.15) is 20.8 Å². The first kappa shape index (κ1) is 8.97. The van der Waals surface area contributed by atoms with E-state index in [1.165, 1.54) is 0 Å². The van der Waals surface area contributed by atoms with Crippen LogP contribution in [0.25, 0.3) is 0 Å². The van der Waals surface area contributed by atoms with Crippen LogP contribution < -0.4 is 5.32 Å². The Hall–Kier alpha value is -0.120. The molecule has 0 aromatic heterocycles. The summed E-state index contributed by atoms with van der Waals surface area (Å²) in [5.74, 6) is 0.126. The van der Waals surface area contributed by atoms with Crippen molar-refractivity contribution in [3.05, 3.63) is 0 Å². The second-order valence-corrected chi connectivity index (χ2v) is 3.58. The Morgan fingerprint density at radius 2 is 1.45 bits per heavy atom. The molecular weight excluding hydrogens is 142 g/mol. The van der Waals surface area contributed by atoms with Gasteiger partial charge in [0.15, 0.2) is 0 Å². The summed E-state index contributed by atoms with van der Waals surface area (Å²) in [5.41, 5.74) is 0. The highest BCUT2D eigenvalue weighted by atomic mass is 16.3. The first-order valence-corrected chi connectivity index (χ1v) is 4.16. The normalized spacial score (nSPS) is 52.6. The average Bonchev–Trinajstić information content (AvgIpc) is 1.97. The molecule has 1 unspecified atom stereocenters. The van der Waals surface area contributed by atoms with Gasteiger partial charge in [0.2, 0.25) is 0 Å². The van der Waals surface area contributed by atoms with Crippen molar-refractivity contribution in [1.82, 2.24) is 5.32 Å². The predicted octanol–water partition coefficient (Wildman–Crippen LogP) is -0.276. The first-order chi connectivity index (χ1) is 5.04. The average molecular weight is 159 g/mol. The maximum Gasteiger partial charge on any atom is 0.0952 e. The van der Waals surface area contributed by atoms with Crippen molar-refractivity contribution < 1.29 is 10.2 Å². The minimum atomic E-state index is -0.624. The number of aliphatic hydroxyl groups excluding tert-OH is 2. The summed E-state index contributed by atoms with van der Waals surface area (Å²) in [6, 6.07) is 0.277. The lowest BCUT2D eigenvalue weighted by Crippen LogP contribution is -2.59. The highest BCUT2D eigenvalue weighted by Gasteiger charge is 2.36. The molecule has 3 nitrogen and oxygen atoms in total. The van der Waals surface area contributed by atoms with Crippen molar-refractivity contribution >= 4 is 0 Å². The Kier molecular flexibility index (Phi) is 2.52. The lowest BCUT2D eigenvalue weighted by Gasteiger charge is -2.39. The van der Waals surface area contributed by atoms with Gasteiger partial charge in [0.05, 0.1) is 12.2 Å². The summed E-state index contributed by atoms with van der Waals surface area (Å²) in [7, 11) is 0. The quantitative estimate of drug-likeness (QED) is 0.456. The van der Waals surface area contributed by atoms with Gasteiger partial charge in [-0.3, -0.25) is 0 Å². The molecule has 1 aliphatic rings. The van der Waals surface area contributed by atoms with Crippen LogP contribution in [0.4, 0.5) is 0 Å². The molecule has 0 saturated carbocycles. The van der Waals surface area contributed by atoms with E-state index in [4.69, 9.17) is 0 Å². The number of hydrogen-bond acceptors (Lipinski definition) is 3. The van der Waals surface area contributed by atoms with Crippen LogP contribution in [-0.4, -0.2) is 34.5 Å². The van der Waals surface area contributed by atoms with Gasteiger partial charge < -0.3 is 15.5 Å². The fourth-order valence-corrected chi connectivity index (χ4v) is 1.57. The highest BCUT2D eigenvalue weighted by molar-refractivity contribution is 4.92. The third-order valence-electron chi connectivity index (χ3n) is 2.72. The Bertz CT molecular complexity index is 126. The van der Waals surface area contributed by atoms with Crippen LogP contribution in [0.2, 0.25) is 0 Å². The molecule has 0 spiro atoms. The molecule has 1 fully saturated rings. The Labute approximate surface area is 67.4 Å². The van der Waals surface area contributed by atoms with Crippen LogP contribution in [-0.2, 0) is 0 Å². The lowest BCUT2D eigenvalue weighted by molar-refractivity contribution is -0.0642. The molecule has 0 radical (unpaired) electrons. The van der Waals surface area contributed by atoms with Gasteiger partial charge in [0.1, 0.15) is 0 Å². The summed E-state index contributed by atoms with van der Waals surface area (Å²) in [4.78, 5) is 0. The number of rotatable bonds is 0. The van der Waals surface area contributed by atoms with Crippen molar-refractivity contribution in [2.45, 2.75) is 45.1 Å². The Morgan fingerprint density at radius 3 is 2.00 bits per heavy atom. The van der Waals surface area contributed by atoms with E-state index < -0.39 is 12.2 Å². The summed E-state index contributed by atoms with van der Waals surface area (Å²) in [6.07, 6.45) is -1.21. The third kappa shape index (κ3) is 1.55. The van der Waals surface area contributed by atoms with Gasteiger partial charge in [0.25, 0.3) is 0 Å². The van der Waals surface area contributed by atoms with E-state index in [1.54, 1.807) is 0 Å². The molecule has 0 bridgehead atoms. The van der Waals surface area contributed by atoms with Gasteiger partial charge >= 0.3 is 0 Å². The van der Waals surface area contributed by atoms with Crippen LogP contribution in [0, 0.1) is 5.92 Å².